The molecule has 1 aromatic heterocycles. The molecule has 0 unspecified atom stereocenters. The molecule has 2 N–H and O–H groups in total. The van der Waals surface area contributed by atoms with Crippen LogP contribution in [-0.4, -0.2) is 11.8 Å². The number of hydrogen-bond acceptors (Lipinski definition) is 4. The largest absolute Gasteiger partial charge is 0.489 e. The number of para-hydroxylation sites is 2. The molecule has 3 aromatic carbocycles. The van der Waals surface area contributed by atoms with Gasteiger partial charge in [-0.1, -0.05) is 36.4 Å². The number of benzene rings is 3. The van der Waals surface area contributed by atoms with E-state index in [-0.39, 0.29) is 17.9 Å². The highest BCUT2D eigenvalue weighted by Crippen LogP contribution is 2.27. The molecule has 4 rings (SSSR count). The SMILES string of the molecule is O=C(NNC(=O)c1oc2ccccc2c1COc1ccccc1)c1ccc(F)cc1. The molecule has 0 fully saturated rings. The monoisotopic (exact) mass is 404 g/mol. The van der Waals surface area contributed by atoms with Gasteiger partial charge in [0.05, 0.1) is 0 Å². The second-order valence-electron chi connectivity index (χ2n) is 6.42. The van der Waals surface area contributed by atoms with Crippen molar-refractivity contribution in [3.05, 3.63) is 102 Å². The second-order valence-corrected chi connectivity index (χ2v) is 6.42. The van der Waals surface area contributed by atoms with Crippen molar-refractivity contribution in [2.45, 2.75) is 6.61 Å². The number of nitrogens with one attached hydrogen (secondary N) is 2. The number of carbonyl (C=O) groups is 2. The Morgan fingerprint density at radius 3 is 2.27 bits per heavy atom. The Morgan fingerprint density at radius 1 is 0.833 bits per heavy atom. The standard InChI is InChI=1S/C23H17FN2O4/c24-16-12-10-15(11-13-16)22(27)25-26-23(28)21-19(14-29-17-6-2-1-3-7-17)18-8-4-5-9-20(18)30-21/h1-13H,14H2,(H,25,27)(H,26,28). The summed E-state index contributed by atoms with van der Waals surface area (Å²) in [5, 5.41) is 0.739. The van der Waals surface area contributed by atoms with Gasteiger partial charge in [0, 0.05) is 16.5 Å². The Bertz CT molecular complexity index is 1190. The van der Waals surface area contributed by atoms with Crippen LogP contribution in [0.2, 0.25) is 0 Å². The molecule has 0 atom stereocenters. The van der Waals surface area contributed by atoms with Crippen LogP contribution in [0.15, 0.2) is 83.3 Å². The van der Waals surface area contributed by atoms with E-state index in [4.69, 9.17) is 9.15 Å². The predicted octanol–water partition coefficient (Wildman–Crippen LogP) is 4.23. The number of halogens is 1. The number of amides is 2. The Hall–Kier alpha value is -4.13. The van der Waals surface area contributed by atoms with E-state index in [1.807, 2.05) is 42.5 Å². The number of hydrazine groups is 1. The van der Waals surface area contributed by atoms with E-state index in [9.17, 15) is 14.0 Å². The minimum atomic E-state index is -0.631. The molecule has 150 valence electrons. The van der Waals surface area contributed by atoms with Gasteiger partial charge in [-0.05, 0) is 42.5 Å². The summed E-state index contributed by atoms with van der Waals surface area (Å²) in [6, 6.07) is 21.4. The molecule has 7 heteroatoms. The molecule has 0 saturated heterocycles. The van der Waals surface area contributed by atoms with Gasteiger partial charge >= 0.3 is 5.91 Å². The van der Waals surface area contributed by atoms with Crippen LogP contribution in [-0.2, 0) is 6.61 Å². The Balaban J connectivity index is 1.52. The van der Waals surface area contributed by atoms with Crippen molar-refractivity contribution in [1.82, 2.24) is 10.9 Å². The first kappa shape index (κ1) is 19.2. The number of furan rings is 1. The molecular formula is C23H17FN2O4. The summed E-state index contributed by atoms with van der Waals surface area (Å²) in [6.07, 6.45) is 0. The van der Waals surface area contributed by atoms with E-state index < -0.39 is 17.6 Å². The molecule has 6 nitrogen and oxygen atoms in total. The van der Waals surface area contributed by atoms with Crippen molar-refractivity contribution in [2.24, 2.45) is 0 Å². The Labute approximate surface area is 171 Å². The van der Waals surface area contributed by atoms with Crippen molar-refractivity contribution in [2.75, 3.05) is 0 Å². The topological polar surface area (TPSA) is 80.6 Å². The maximum atomic E-state index is 13.0. The number of rotatable bonds is 5. The summed E-state index contributed by atoms with van der Waals surface area (Å²) < 4.78 is 24.5. The van der Waals surface area contributed by atoms with Crippen molar-refractivity contribution in [3.63, 3.8) is 0 Å². The van der Waals surface area contributed by atoms with Crippen LogP contribution >= 0.6 is 0 Å². The molecule has 0 aliphatic heterocycles. The van der Waals surface area contributed by atoms with Crippen molar-refractivity contribution in [1.29, 1.82) is 0 Å². The lowest BCUT2D eigenvalue weighted by molar-refractivity contribution is 0.0830. The molecule has 0 radical (unpaired) electrons. The maximum absolute atomic E-state index is 13.0. The van der Waals surface area contributed by atoms with Crippen molar-refractivity contribution >= 4 is 22.8 Å². The molecule has 0 bridgehead atoms. The summed E-state index contributed by atoms with van der Waals surface area (Å²) in [7, 11) is 0. The minimum absolute atomic E-state index is 0.0338. The second kappa shape index (κ2) is 8.48. The van der Waals surface area contributed by atoms with E-state index in [2.05, 4.69) is 10.9 Å². The third-order valence-corrected chi connectivity index (χ3v) is 4.43. The van der Waals surface area contributed by atoms with Crippen LogP contribution in [0, 0.1) is 5.82 Å². The van der Waals surface area contributed by atoms with E-state index in [1.165, 1.54) is 12.1 Å². The number of hydrogen-bond donors (Lipinski definition) is 2. The molecule has 4 aromatic rings. The van der Waals surface area contributed by atoms with E-state index >= 15 is 0 Å². The fraction of sp³-hybridized carbons (Fsp3) is 0.0435. The van der Waals surface area contributed by atoms with Crippen LogP contribution in [0.1, 0.15) is 26.5 Å². The molecule has 2 amide bonds. The number of carbonyl (C=O) groups excluding carboxylic acids is 2. The van der Waals surface area contributed by atoms with E-state index in [0.717, 1.165) is 17.5 Å². The minimum Gasteiger partial charge on any atom is -0.489 e. The van der Waals surface area contributed by atoms with Gasteiger partial charge in [-0.15, -0.1) is 0 Å². The summed E-state index contributed by atoms with van der Waals surface area (Å²) in [5.74, 6) is -0.985. The molecule has 0 spiro atoms. The van der Waals surface area contributed by atoms with Crippen LogP contribution < -0.4 is 15.6 Å². The Morgan fingerprint density at radius 2 is 1.50 bits per heavy atom. The number of fused-ring (bicyclic) bond motifs is 1. The van der Waals surface area contributed by atoms with Crippen LogP contribution in [0.4, 0.5) is 4.39 Å². The smallest absolute Gasteiger partial charge is 0.305 e. The zero-order chi connectivity index (χ0) is 20.9. The molecule has 0 aliphatic rings. The van der Waals surface area contributed by atoms with Crippen LogP contribution in [0.25, 0.3) is 11.0 Å². The van der Waals surface area contributed by atoms with Crippen molar-refractivity contribution in [3.8, 4) is 5.75 Å². The summed E-state index contributed by atoms with van der Waals surface area (Å²) in [6.45, 7) is 0.107. The fourth-order valence-electron chi connectivity index (χ4n) is 2.94. The lowest BCUT2D eigenvalue weighted by Crippen LogP contribution is -2.41. The van der Waals surface area contributed by atoms with Gasteiger partial charge in [0.1, 0.15) is 23.8 Å². The third kappa shape index (κ3) is 4.15. The Kier molecular flexibility index (Phi) is 5.43. The molecular weight excluding hydrogens is 387 g/mol. The van der Waals surface area contributed by atoms with Crippen LogP contribution in [0.3, 0.4) is 0 Å². The van der Waals surface area contributed by atoms with Gasteiger partial charge in [0.2, 0.25) is 5.76 Å². The first-order chi connectivity index (χ1) is 14.6. The van der Waals surface area contributed by atoms with E-state index in [0.29, 0.717) is 16.9 Å². The average Bonchev–Trinajstić information content (AvgIpc) is 3.16. The average molecular weight is 404 g/mol. The predicted molar refractivity (Wildman–Crippen MR) is 108 cm³/mol. The molecule has 0 saturated carbocycles. The van der Waals surface area contributed by atoms with Crippen LogP contribution in [0.5, 0.6) is 5.75 Å². The van der Waals surface area contributed by atoms with Gasteiger partial charge in [0.15, 0.2) is 0 Å². The summed E-state index contributed by atoms with van der Waals surface area (Å²) in [5.41, 5.74) is 5.92. The van der Waals surface area contributed by atoms with Gasteiger partial charge in [-0.2, -0.15) is 0 Å². The first-order valence-corrected chi connectivity index (χ1v) is 9.16. The van der Waals surface area contributed by atoms with Gasteiger partial charge in [-0.3, -0.25) is 20.4 Å². The van der Waals surface area contributed by atoms with Gasteiger partial charge in [-0.25, -0.2) is 4.39 Å². The highest BCUT2D eigenvalue weighted by Gasteiger charge is 2.21. The highest BCUT2D eigenvalue weighted by molar-refractivity contribution is 6.01. The lowest BCUT2D eigenvalue weighted by atomic mass is 10.1. The summed E-state index contributed by atoms with van der Waals surface area (Å²) in [4.78, 5) is 24.9. The zero-order valence-electron chi connectivity index (χ0n) is 15.7. The van der Waals surface area contributed by atoms with Gasteiger partial charge in [0.25, 0.3) is 5.91 Å². The molecule has 1 heterocycles. The van der Waals surface area contributed by atoms with E-state index in [1.54, 1.807) is 12.1 Å². The normalized spacial score (nSPS) is 10.6. The maximum Gasteiger partial charge on any atom is 0.305 e. The fourth-order valence-corrected chi connectivity index (χ4v) is 2.94. The van der Waals surface area contributed by atoms with Gasteiger partial charge < -0.3 is 9.15 Å². The van der Waals surface area contributed by atoms with Crippen molar-refractivity contribution < 1.29 is 23.1 Å². The highest BCUT2D eigenvalue weighted by atomic mass is 19.1. The molecule has 30 heavy (non-hydrogen) atoms. The molecule has 0 aliphatic carbocycles. The zero-order valence-corrected chi connectivity index (χ0v) is 15.7. The quantitative estimate of drug-likeness (QED) is 0.488. The lowest BCUT2D eigenvalue weighted by Gasteiger charge is -2.09. The third-order valence-electron chi connectivity index (χ3n) is 4.43. The first-order valence-electron chi connectivity index (χ1n) is 9.16. The number of ether oxygens (including phenoxy) is 1. The summed E-state index contributed by atoms with van der Waals surface area (Å²) >= 11 is 0.